The fourth-order valence-electron chi connectivity index (χ4n) is 2.67. The zero-order valence-corrected chi connectivity index (χ0v) is 12.2. The first-order valence-electron chi connectivity index (χ1n) is 7.27. The Morgan fingerprint density at radius 3 is 2.83 bits per heavy atom. The number of carbonyl (C=O) groups excluding carboxylic acids is 2. The molecule has 2 aromatic carbocycles. The maximum absolute atomic E-state index is 12.4. The van der Waals surface area contributed by atoms with Crippen molar-refractivity contribution >= 4 is 23.2 Å². The van der Waals surface area contributed by atoms with Crippen LogP contribution in [-0.2, 0) is 22.7 Å². The van der Waals surface area contributed by atoms with Crippen LogP contribution in [0.1, 0.15) is 21.5 Å². The first kappa shape index (κ1) is 13.8. The van der Waals surface area contributed by atoms with Crippen LogP contribution < -0.4 is 15.4 Å². The van der Waals surface area contributed by atoms with Crippen LogP contribution in [0.2, 0.25) is 0 Å². The highest BCUT2D eigenvalue weighted by Gasteiger charge is 2.18. The van der Waals surface area contributed by atoms with E-state index in [-0.39, 0.29) is 18.4 Å². The summed E-state index contributed by atoms with van der Waals surface area (Å²) in [5, 5.41) is 5.56. The number of rotatable bonds is 2. The Labute approximate surface area is 132 Å². The van der Waals surface area contributed by atoms with Crippen LogP contribution in [0.15, 0.2) is 36.4 Å². The summed E-state index contributed by atoms with van der Waals surface area (Å²) in [6, 6.07) is 10.7. The van der Waals surface area contributed by atoms with Crippen molar-refractivity contribution in [2.45, 2.75) is 13.2 Å². The average Bonchev–Trinajstić information content (AvgIpc) is 3.02. The zero-order chi connectivity index (χ0) is 15.8. The number of carbonyl (C=O) groups is 2. The molecule has 0 radical (unpaired) electrons. The average molecular weight is 310 g/mol. The van der Waals surface area contributed by atoms with Gasteiger partial charge in [-0.1, -0.05) is 6.07 Å². The van der Waals surface area contributed by atoms with Crippen molar-refractivity contribution in [3.8, 4) is 5.75 Å². The van der Waals surface area contributed by atoms with E-state index in [1.165, 1.54) is 0 Å². The van der Waals surface area contributed by atoms with Crippen LogP contribution in [0.5, 0.6) is 5.75 Å². The predicted octanol–water partition coefficient (Wildman–Crippen LogP) is 2.30. The third kappa shape index (κ3) is 2.64. The molecule has 23 heavy (non-hydrogen) atoms. The molecule has 2 heterocycles. The minimum absolute atomic E-state index is 0.0388. The SMILES string of the molecule is O=C1COc2cc(C(=O)Nc3ccc4c(c3)COC4)ccc2N1. The molecule has 0 saturated carbocycles. The van der Waals surface area contributed by atoms with Gasteiger partial charge in [-0.2, -0.15) is 0 Å². The van der Waals surface area contributed by atoms with Crippen LogP contribution >= 0.6 is 0 Å². The van der Waals surface area contributed by atoms with Crippen molar-refractivity contribution in [1.82, 2.24) is 0 Å². The second-order valence-electron chi connectivity index (χ2n) is 5.48. The summed E-state index contributed by atoms with van der Waals surface area (Å²) >= 11 is 0. The fourth-order valence-corrected chi connectivity index (χ4v) is 2.67. The van der Waals surface area contributed by atoms with Crippen molar-refractivity contribution in [2.75, 3.05) is 17.2 Å². The number of nitrogens with one attached hydrogen (secondary N) is 2. The lowest BCUT2D eigenvalue weighted by atomic mass is 10.1. The summed E-state index contributed by atoms with van der Waals surface area (Å²) in [4.78, 5) is 23.6. The van der Waals surface area contributed by atoms with Crippen molar-refractivity contribution in [3.05, 3.63) is 53.1 Å². The Morgan fingerprint density at radius 1 is 1.04 bits per heavy atom. The van der Waals surface area contributed by atoms with E-state index in [0.717, 1.165) is 16.8 Å². The number of fused-ring (bicyclic) bond motifs is 2. The molecule has 2 aromatic rings. The van der Waals surface area contributed by atoms with E-state index in [4.69, 9.17) is 9.47 Å². The van der Waals surface area contributed by atoms with E-state index < -0.39 is 0 Å². The number of hydrogen-bond acceptors (Lipinski definition) is 4. The molecule has 2 aliphatic heterocycles. The first-order chi connectivity index (χ1) is 11.2. The molecule has 0 atom stereocenters. The largest absolute Gasteiger partial charge is 0.482 e. The lowest BCUT2D eigenvalue weighted by Crippen LogP contribution is -2.25. The highest BCUT2D eigenvalue weighted by molar-refractivity contribution is 6.05. The number of anilines is 2. The van der Waals surface area contributed by atoms with Crippen LogP contribution in [0, 0.1) is 0 Å². The highest BCUT2D eigenvalue weighted by Crippen LogP contribution is 2.29. The third-order valence-electron chi connectivity index (χ3n) is 3.86. The van der Waals surface area contributed by atoms with Crippen LogP contribution in [0.25, 0.3) is 0 Å². The number of benzene rings is 2. The first-order valence-corrected chi connectivity index (χ1v) is 7.27. The second kappa shape index (κ2) is 5.40. The van der Waals surface area contributed by atoms with Crippen LogP contribution in [0.3, 0.4) is 0 Å². The van der Waals surface area contributed by atoms with Gasteiger partial charge < -0.3 is 20.1 Å². The third-order valence-corrected chi connectivity index (χ3v) is 3.86. The number of ether oxygens (including phenoxy) is 2. The standard InChI is InChI=1S/C17H14N2O4/c20-16-9-23-15-6-10(2-4-14(15)19-16)17(21)18-13-3-1-11-7-22-8-12(11)5-13/h1-6H,7-9H2,(H,18,21)(H,19,20). The van der Waals surface area contributed by atoms with Gasteiger partial charge in [0.25, 0.3) is 11.8 Å². The van der Waals surface area contributed by atoms with Crippen molar-refractivity contribution in [3.63, 3.8) is 0 Å². The summed E-state index contributed by atoms with van der Waals surface area (Å²) in [5.74, 6) is 0.0711. The molecule has 2 amide bonds. The monoisotopic (exact) mass is 310 g/mol. The topological polar surface area (TPSA) is 76.7 Å². The van der Waals surface area contributed by atoms with E-state index in [9.17, 15) is 9.59 Å². The summed E-state index contributed by atoms with van der Waals surface area (Å²) in [6.45, 7) is 1.16. The molecule has 0 spiro atoms. The van der Waals surface area contributed by atoms with Gasteiger partial charge in [-0.3, -0.25) is 9.59 Å². The Kier molecular flexibility index (Phi) is 3.24. The van der Waals surface area contributed by atoms with Gasteiger partial charge in [-0.15, -0.1) is 0 Å². The molecule has 4 rings (SSSR count). The van der Waals surface area contributed by atoms with E-state index in [2.05, 4.69) is 10.6 Å². The smallest absolute Gasteiger partial charge is 0.262 e. The van der Waals surface area contributed by atoms with E-state index >= 15 is 0 Å². The summed E-state index contributed by atoms with van der Waals surface area (Å²) in [7, 11) is 0. The van der Waals surface area contributed by atoms with Gasteiger partial charge in [-0.05, 0) is 41.5 Å². The maximum Gasteiger partial charge on any atom is 0.262 e. The van der Waals surface area contributed by atoms with Gasteiger partial charge in [0.2, 0.25) is 0 Å². The van der Waals surface area contributed by atoms with Gasteiger partial charge in [0, 0.05) is 11.3 Å². The maximum atomic E-state index is 12.4. The fraction of sp³-hybridized carbons (Fsp3) is 0.176. The Balaban J connectivity index is 1.54. The van der Waals surface area contributed by atoms with E-state index in [1.807, 2.05) is 18.2 Å². The second-order valence-corrected chi connectivity index (χ2v) is 5.48. The minimum atomic E-state index is -0.229. The zero-order valence-electron chi connectivity index (χ0n) is 12.2. The summed E-state index contributed by atoms with van der Waals surface area (Å²) in [5.41, 5.74) is 4.02. The van der Waals surface area contributed by atoms with Crippen LogP contribution in [-0.4, -0.2) is 18.4 Å². The van der Waals surface area contributed by atoms with Gasteiger partial charge in [-0.25, -0.2) is 0 Å². The molecular formula is C17H14N2O4. The molecule has 0 saturated heterocycles. The van der Waals surface area contributed by atoms with Gasteiger partial charge >= 0.3 is 0 Å². The molecule has 2 N–H and O–H groups in total. The van der Waals surface area contributed by atoms with Gasteiger partial charge in [0.05, 0.1) is 18.9 Å². The molecule has 6 nitrogen and oxygen atoms in total. The molecule has 6 heteroatoms. The molecule has 2 aliphatic rings. The van der Waals surface area contributed by atoms with E-state index in [0.29, 0.717) is 30.2 Å². The molecule has 0 aromatic heterocycles. The van der Waals surface area contributed by atoms with Gasteiger partial charge in [0.15, 0.2) is 6.61 Å². The van der Waals surface area contributed by atoms with Crippen LogP contribution in [0.4, 0.5) is 11.4 Å². The molecule has 116 valence electrons. The lowest BCUT2D eigenvalue weighted by Gasteiger charge is -2.18. The molecular weight excluding hydrogens is 296 g/mol. The lowest BCUT2D eigenvalue weighted by molar-refractivity contribution is -0.118. The molecule has 0 fully saturated rings. The number of amides is 2. The normalized spacial score (nSPS) is 15.2. The minimum Gasteiger partial charge on any atom is -0.482 e. The predicted molar refractivity (Wildman–Crippen MR) is 83.5 cm³/mol. The molecule has 0 bridgehead atoms. The quantitative estimate of drug-likeness (QED) is 0.892. The molecule has 0 aliphatic carbocycles. The van der Waals surface area contributed by atoms with E-state index in [1.54, 1.807) is 18.2 Å². The highest BCUT2D eigenvalue weighted by atomic mass is 16.5. The van der Waals surface area contributed by atoms with Crippen molar-refractivity contribution in [2.24, 2.45) is 0 Å². The Bertz CT molecular complexity index is 816. The van der Waals surface area contributed by atoms with Gasteiger partial charge in [0.1, 0.15) is 5.75 Å². The Morgan fingerprint density at radius 2 is 1.91 bits per heavy atom. The summed E-state index contributed by atoms with van der Waals surface area (Å²) in [6.07, 6.45) is 0. The number of hydrogen-bond donors (Lipinski definition) is 2. The van der Waals surface area contributed by atoms with Crippen molar-refractivity contribution < 1.29 is 19.1 Å². The summed E-state index contributed by atoms with van der Waals surface area (Å²) < 4.78 is 10.7. The molecule has 0 unspecified atom stereocenters. The van der Waals surface area contributed by atoms with Crippen molar-refractivity contribution in [1.29, 1.82) is 0 Å². The Hall–Kier alpha value is -2.86.